The van der Waals surface area contributed by atoms with Crippen molar-refractivity contribution in [2.45, 2.75) is 27.7 Å². The molecule has 2 aromatic carbocycles. The van der Waals surface area contributed by atoms with E-state index in [2.05, 4.69) is 89.6 Å². The molecule has 0 aliphatic heterocycles. The highest BCUT2D eigenvalue weighted by Crippen LogP contribution is 2.24. The number of hydrogen-bond acceptors (Lipinski definition) is 1. The average molecular weight is 381 g/mol. The molecule has 1 aromatic heterocycles. The Kier molecular flexibility index (Phi) is 4.72. The van der Waals surface area contributed by atoms with Crippen LogP contribution in [0.1, 0.15) is 28.1 Å². The molecular formula is C21H21BrN2. The van der Waals surface area contributed by atoms with Gasteiger partial charge in [0.1, 0.15) is 0 Å². The summed E-state index contributed by atoms with van der Waals surface area (Å²) in [7, 11) is 0. The second-order valence-electron chi connectivity index (χ2n) is 6.19. The van der Waals surface area contributed by atoms with Crippen molar-refractivity contribution in [2.24, 2.45) is 4.99 Å². The molecule has 0 aliphatic rings. The summed E-state index contributed by atoms with van der Waals surface area (Å²) < 4.78 is 3.35. The molecule has 3 aromatic rings. The smallest absolute Gasteiger partial charge is 0.0659 e. The number of nitrogens with zero attached hydrogens (tertiary/aromatic N) is 2. The van der Waals surface area contributed by atoms with Crippen LogP contribution >= 0.6 is 15.9 Å². The van der Waals surface area contributed by atoms with E-state index in [1.165, 1.54) is 22.6 Å². The number of aryl methyl sites for hydroxylation is 3. The van der Waals surface area contributed by atoms with E-state index in [0.717, 1.165) is 21.3 Å². The summed E-state index contributed by atoms with van der Waals surface area (Å²) in [6, 6.07) is 16.9. The van der Waals surface area contributed by atoms with E-state index in [-0.39, 0.29) is 0 Å². The van der Waals surface area contributed by atoms with Crippen molar-refractivity contribution in [1.82, 2.24) is 4.57 Å². The molecule has 0 saturated heterocycles. The fraction of sp³-hybridized carbons (Fsp3) is 0.190. The van der Waals surface area contributed by atoms with Crippen LogP contribution in [0.25, 0.3) is 5.69 Å². The quantitative estimate of drug-likeness (QED) is 0.479. The molecule has 0 spiro atoms. The summed E-state index contributed by atoms with van der Waals surface area (Å²) in [5, 5.41) is 0. The van der Waals surface area contributed by atoms with E-state index in [1.54, 1.807) is 0 Å². The Bertz CT molecular complexity index is 902. The third-order valence-corrected chi connectivity index (χ3v) is 4.76. The number of aliphatic imine (C=N–C) groups is 1. The lowest BCUT2D eigenvalue weighted by Crippen LogP contribution is -1.99. The third-order valence-electron chi connectivity index (χ3n) is 4.26. The predicted octanol–water partition coefficient (Wildman–Crippen LogP) is 6.22. The van der Waals surface area contributed by atoms with Gasteiger partial charge >= 0.3 is 0 Å². The number of aromatic nitrogens is 1. The Labute approximate surface area is 152 Å². The molecule has 0 bridgehead atoms. The van der Waals surface area contributed by atoms with Crippen molar-refractivity contribution in [2.75, 3.05) is 0 Å². The highest BCUT2D eigenvalue weighted by Gasteiger charge is 2.09. The first-order chi connectivity index (χ1) is 11.5. The van der Waals surface area contributed by atoms with Gasteiger partial charge in [0.15, 0.2) is 0 Å². The summed E-state index contributed by atoms with van der Waals surface area (Å²) in [5.41, 5.74) is 8.19. The van der Waals surface area contributed by atoms with Gasteiger partial charge in [-0.1, -0.05) is 33.6 Å². The molecule has 2 nitrogen and oxygen atoms in total. The SMILES string of the molecule is Cc1ccc(-n2c(C)cc(C=Nc3ccc(Br)cc3C)c2C)cc1. The van der Waals surface area contributed by atoms with E-state index < -0.39 is 0 Å². The van der Waals surface area contributed by atoms with E-state index in [1.807, 2.05) is 18.3 Å². The zero-order valence-electron chi connectivity index (χ0n) is 14.5. The Morgan fingerprint density at radius 3 is 2.29 bits per heavy atom. The summed E-state index contributed by atoms with van der Waals surface area (Å²) in [6.45, 7) is 8.46. The molecule has 0 atom stereocenters. The lowest BCUT2D eigenvalue weighted by Gasteiger charge is -2.09. The minimum Gasteiger partial charge on any atom is -0.318 e. The summed E-state index contributed by atoms with van der Waals surface area (Å²) in [4.78, 5) is 4.68. The van der Waals surface area contributed by atoms with Crippen LogP contribution in [0, 0.1) is 27.7 Å². The van der Waals surface area contributed by atoms with Crippen LogP contribution in [0.3, 0.4) is 0 Å². The molecule has 0 amide bonds. The zero-order valence-corrected chi connectivity index (χ0v) is 16.1. The molecule has 0 aliphatic carbocycles. The van der Waals surface area contributed by atoms with E-state index in [9.17, 15) is 0 Å². The van der Waals surface area contributed by atoms with Crippen molar-refractivity contribution in [3.05, 3.63) is 81.1 Å². The highest BCUT2D eigenvalue weighted by atomic mass is 79.9. The summed E-state index contributed by atoms with van der Waals surface area (Å²) in [5.74, 6) is 0. The van der Waals surface area contributed by atoms with E-state index >= 15 is 0 Å². The Hall–Kier alpha value is -2.13. The van der Waals surface area contributed by atoms with E-state index in [0.29, 0.717) is 0 Å². The first-order valence-corrected chi connectivity index (χ1v) is 8.81. The van der Waals surface area contributed by atoms with Gasteiger partial charge in [0, 0.05) is 33.3 Å². The van der Waals surface area contributed by atoms with Crippen LogP contribution in [0.2, 0.25) is 0 Å². The van der Waals surface area contributed by atoms with Crippen LogP contribution in [0.4, 0.5) is 5.69 Å². The molecule has 1 heterocycles. The molecule has 0 unspecified atom stereocenters. The van der Waals surface area contributed by atoms with E-state index in [4.69, 9.17) is 0 Å². The fourth-order valence-electron chi connectivity index (χ4n) is 2.91. The molecule has 3 heteroatoms. The van der Waals surface area contributed by atoms with Crippen LogP contribution in [-0.2, 0) is 0 Å². The predicted molar refractivity (Wildman–Crippen MR) is 106 cm³/mol. The van der Waals surface area contributed by atoms with Gasteiger partial charge in [-0.05, 0) is 69.7 Å². The lowest BCUT2D eigenvalue weighted by molar-refractivity contribution is 0.964. The molecular weight excluding hydrogens is 360 g/mol. The van der Waals surface area contributed by atoms with Gasteiger partial charge in [0.05, 0.1) is 5.69 Å². The Morgan fingerprint density at radius 2 is 1.62 bits per heavy atom. The van der Waals surface area contributed by atoms with Gasteiger partial charge in [-0.2, -0.15) is 0 Å². The molecule has 0 N–H and O–H groups in total. The number of benzene rings is 2. The second kappa shape index (κ2) is 6.78. The molecule has 3 rings (SSSR count). The number of rotatable bonds is 3. The maximum atomic E-state index is 4.68. The number of hydrogen-bond donors (Lipinski definition) is 0. The van der Waals surface area contributed by atoms with Crippen molar-refractivity contribution < 1.29 is 0 Å². The zero-order chi connectivity index (χ0) is 17.3. The first-order valence-electron chi connectivity index (χ1n) is 8.02. The van der Waals surface area contributed by atoms with Gasteiger partial charge in [0.2, 0.25) is 0 Å². The standard InChI is InChI=1S/C21H21BrN2/c1-14-5-8-20(9-6-14)24-16(3)12-18(17(24)4)13-23-21-10-7-19(22)11-15(21)2/h5-13H,1-4H3. The molecule has 122 valence electrons. The summed E-state index contributed by atoms with van der Waals surface area (Å²) >= 11 is 3.49. The molecule has 0 radical (unpaired) electrons. The van der Waals surface area contributed by atoms with Crippen LogP contribution in [0.15, 0.2) is 58.0 Å². The highest BCUT2D eigenvalue weighted by molar-refractivity contribution is 9.10. The molecule has 0 fully saturated rings. The van der Waals surface area contributed by atoms with Gasteiger partial charge in [-0.3, -0.25) is 4.99 Å². The van der Waals surface area contributed by atoms with Crippen molar-refractivity contribution in [3.8, 4) is 5.69 Å². The van der Waals surface area contributed by atoms with Crippen LogP contribution in [-0.4, -0.2) is 10.8 Å². The van der Waals surface area contributed by atoms with Crippen molar-refractivity contribution in [3.63, 3.8) is 0 Å². The maximum absolute atomic E-state index is 4.68. The minimum absolute atomic E-state index is 0.998. The van der Waals surface area contributed by atoms with Crippen LogP contribution < -0.4 is 0 Å². The van der Waals surface area contributed by atoms with Gasteiger partial charge < -0.3 is 4.57 Å². The Morgan fingerprint density at radius 1 is 0.917 bits per heavy atom. The van der Waals surface area contributed by atoms with Crippen LogP contribution in [0.5, 0.6) is 0 Å². The third kappa shape index (κ3) is 3.36. The van der Waals surface area contributed by atoms with Crippen molar-refractivity contribution >= 4 is 27.8 Å². The fourth-order valence-corrected chi connectivity index (χ4v) is 3.39. The maximum Gasteiger partial charge on any atom is 0.0659 e. The largest absolute Gasteiger partial charge is 0.318 e. The Balaban J connectivity index is 1.97. The topological polar surface area (TPSA) is 17.3 Å². The second-order valence-corrected chi connectivity index (χ2v) is 7.10. The minimum atomic E-state index is 0.998. The monoisotopic (exact) mass is 380 g/mol. The first kappa shape index (κ1) is 16.7. The number of halogens is 1. The van der Waals surface area contributed by atoms with Gasteiger partial charge in [-0.15, -0.1) is 0 Å². The van der Waals surface area contributed by atoms with Gasteiger partial charge in [0.25, 0.3) is 0 Å². The average Bonchev–Trinajstić information content (AvgIpc) is 2.82. The lowest BCUT2D eigenvalue weighted by atomic mass is 10.2. The van der Waals surface area contributed by atoms with Crippen molar-refractivity contribution in [1.29, 1.82) is 0 Å². The normalized spacial score (nSPS) is 11.4. The molecule has 0 saturated carbocycles. The van der Waals surface area contributed by atoms with Gasteiger partial charge in [-0.25, -0.2) is 0 Å². The molecule has 24 heavy (non-hydrogen) atoms. The summed E-state index contributed by atoms with van der Waals surface area (Å²) in [6.07, 6.45) is 1.96.